The van der Waals surface area contributed by atoms with Crippen molar-refractivity contribution in [3.8, 4) is 0 Å². The van der Waals surface area contributed by atoms with Crippen LogP contribution in [0.2, 0.25) is 0 Å². The van der Waals surface area contributed by atoms with Gasteiger partial charge in [-0.15, -0.1) is 0 Å². The smallest absolute Gasteiger partial charge is 0.258 e. The van der Waals surface area contributed by atoms with Crippen LogP contribution in [0.5, 0.6) is 0 Å². The van der Waals surface area contributed by atoms with Gasteiger partial charge in [0.05, 0.1) is 23.1 Å². The van der Waals surface area contributed by atoms with Crippen molar-refractivity contribution in [3.05, 3.63) is 52.3 Å². The summed E-state index contributed by atoms with van der Waals surface area (Å²) < 4.78 is 1.72. The number of fused-ring (bicyclic) bond motifs is 1. The molecule has 0 aliphatic heterocycles. The van der Waals surface area contributed by atoms with Crippen molar-refractivity contribution in [1.82, 2.24) is 19.7 Å². The Hall–Kier alpha value is -2.48. The SMILES string of the molecule is CSc1ncc2cnn(Cc3cccc([N+](=O)[O-])c3)c2n1. The topological polar surface area (TPSA) is 86.7 Å². The molecule has 0 radical (unpaired) electrons. The van der Waals surface area contributed by atoms with E-state index in [0.29, 0.717) is 11.7 Å². The lowest BCUT2D eigenvalue weighted by Gasteiger charge is -2.04. The molecule has 2 heterocycles. The van der Waals surface area contributed by atoms with Gasteiger partial charge < -0.3 is 0 Å². The highest BCUT2D eigenvalue weighted by Gasteiger charge is 2.09. The van der Waals surface area contributed by atoms with Crippen molar-refractivity contribution in [2.24, 2.45) is 0 Å². The number of non-ortho nitro benzene ring substituents is 1. The normalized spacial score (nSPS) is 10.9. The van der Waals surface area contributed by atoms with E-state index in [9.17, 15) is 10.1 Å². The van der Waals surface area contributed by atoms with Gasteiger partial charge in [-0.25, -0.2) is 14.6 Å². The summed E-state index contributed by atoms with van der Waals surface area (Å²) in [4.78, 5) is 19.0. The van der Waals surface area contributed by atoms with Gasteiger partial charge in [-0.3, -0.25) is 10.1 Å². The molecular weight excluding hydrogens is 290 g/mol. The number of thioether (sulfide) groups is 1. The van der Waals surface area contributed by atoms with Crippen LogP contribution in [0.1, 0.15) is 5.56 Å². The van der Waals surface area contributed by atoms with E-state index in [1.165, 1.54) is 17.8 Å². The average Bonchev–Trinajstić information content (AvgIpc) is 2.89. The van der Waals surface area contributed by atoms with Gasteiger partial charge in [-0.2, -0.15) is 5.10 Å². The fourth-order valence-corrected chi connectivity index (χ4v) is 2.34. The van der Waals surface area contributed by atoms with E-state index in [0.717, 1.165) is 16.6 Å². The summed E-state index contributed by atoms with van der Waals surface area (Å²) in [6, 6.07) is 6.52. The summed E-state index contributed by atoms with van der Waals surface area (Å²) >= 11 is 1.46. The summed E-state index contributed by atoms with van der Waals surface area (Å²) in [5.74, 6) is 0. The van der Waals surface area contributed by atoms with E-state index in [4.69, 9.17) is 0 Å². The van der Waals surface area contributed by atoms with Crippen molar-refractivity contribution in [1.29, 1.82) is 0 Å². The molecule has 3 aromatic rings. The molecular formula is C13H11N5O2S. The molecule has 0 saturated heterocycles. The van der Waals surface area contributed by atoms with Crippen LogP contribution in [0.15, 0.2) is 41.8 Å². The summed E-state index contributed by atoms with van der Waals surface area (Å²) in [6.45, 7) is 0.427. The van der Waals surface area contributed by atoms with E-state index < -0.39 is 4.92 Å². The Kier molecular flexibility index (Phi) is 3.53. The maximum atomic E-state index is 10.8. The number of aromatic nitrogens is 4. The van der Waals surface area contributed by atoms with Crippen LogP contribution < -0.4 is 0 Å². The third-order valence-corrected chi connectivity index (χ3v) is 3.55. The molecule has 0 bridgehead atoms. The molecule has 0 unspecified atom stereocenters. The van der Waals surface area contributed by atoms with Crippen molar-refractivity contribution in [2.75, 3.05) is 6.26 Å². The minimum atomic E-state index is -0.404. The minimum absolute atomic E-state index is 0.0726. The maximum absolute atomic E-state index is 10.8. The van der Waals surface area contributed by atoms with E-state index in [1.807, 2.05) is 12.3 Å². The van der Waals surface area contributed by atoms with E-state index in [-0.39, 0.29) is 5.69 Å². The lowest BCUT2D eigenvalue weighted by Crippen LogP contribution is -2.03. The molecule has 0 aliphatic carbocycles. The number of hydrogen-bond donors (Lipinski definition) is 0. The van der Waals surface area contributed by atoms with Crippen LogP contribution in [0.25, 0.3) is 11.0 Å². The molecule has 0 atom stereocenters. The molecule has 0 spiro atoms. The number of nitro groups is 1. The summed E-state index contributed by atoms with van der Waals surface area (Å²) in [5, 5.41) is 16.6. The third-order valence-electron chi connectivity index (χ3n) is 2.99. The molecule has 0 aliphatic rings. The largest absolute Gasteiger partial charge is 0.269 e. The average molecular weight is 301 g/mol. The molecule has 0 fully saturated rings. The second-order valence-electron chi connectivity index (χ2n) is 4.36. The van der Waals surface area contributed by atoms with Gasteiger partial charge in [0.15, 0.2) is 10.8 Å². The Morgan fingerprint density at radius 1 is 1.38 bits per heavy atom. The third kappa shape index (κ3) is 2.70. The molecule has 21 heavy (non-hydrogen) atoms. The fourth-order valence-electron chi connectivity index (χ4n) is 2.01. The molecule has 0 saturated carbocycles. The highest BCUT2D eigenvalue weighted by atomic mass is 32.2. The quantitative estimate of drug-likeness (QED) is 0.318. The van der Waals surface area contributed by atoms with Crippen molar-refractivity contribution >= 4 is 28.5 Å². The van der Waals surface area contributed by atoms with Crippen molar-refractivity contribution in [3.63, 3.8) is 0 Å². The molecule has 8 heteroatoms. The van der Waals surface area contributed by atoms with Gasteiger partial charge in [-0.05, 0) is 11.8 Å². The first-order valence-electron chi connectivity index (χ1n) is 6.13. The molecule has 3 rings (SSSR count). The maximum Gasteiger partial charge on any atom is 0.269 e. The van der Waals surface area contributed by atoms with Gasteiger partial charge in [0.1, 0.15) is 0 Å². The second-order valence-corrected chi connectivity index (χ2v) is 5.14. The molecule has 2 aromatic heterocycles. The second kappa shape index (κ2) is 5.49. The van der Waals surface area contributed by atoms with Crippen LogP contribution in [-0.2, 0) is 6.54 Å². The zero-order chi connectivity index (χ0) is 14.8. The molecule has 7 nitrogen and oxygen atoms in total. The molecule has 0 amide bonds. The van der Waals surface area contributed by atoms with Crippen molar-refractivity contribution < 1.29 is 4.92 Å². The highest BCUT2D eigenvalue weighted by molar-refractivity contribution is 7.98. The van der Waals surface area contributed by atoms with E-state index >= 15 is 0 Å². The Morgan fingerprint density at radius 3 is 3.00 bits per heavy atom. The van der Waals surface area contributed by atoms with Gasteiger partial charge >= 0.3 is 0 Å². The number of nitro benzene ring substituents is 1. The van der Waals surface area contributed by atoms with Crippen LogP contribution in [-0.4, -0.2) is 30.9 Å². The van der Waals surface area contributed by atoms with Gasteiger partial charge in [0.2, 0.25) is 0 Å². The number of hydrogen-bond acceptors (Lipinski definition) is 6. The van der Waals surface area contributed by atoms with Crippen LogP contribution in [0, 0.1) is 10.1 Å². The van der Waals surface area contributed by atoms with Crippen molar-refractivity contribution in [2.45, 2.75) is 11.7 Å². The summed E-state index contributed by atoms with van der Waals surface area (Å²) in [7, 11) is 0. The number of benzene rings is 1. The zero-order valence-corrected chi connectivity index (χ0v) is 11.9. The molecule has 106 valence electrons. The zero-order valence-electron chi connectivity index (χ0n) is 11.1. The molecule has 1 aromatic carbocycles. The standard InChI is InChI=1S/C13H11N5O2S/c1-21-13-14-6-10-7-15-17(12(10)16-13)8-9-3-2-4-11(5-9)18(19)20/h2-7H,8H2,1H3. The monoisotopic (exact) mass is 301 g/mol. The first kappa shape index (κ1) is 13.5. The van der Waals surface area contributed by atoms with E-state index in [2.05, 4.69) is 15.1 Å². The van der Waals surface area contributed by atoms with Crippen LogP contribution in [0.4, 0.5) is 5.69 Å². The first-order valence-corrected chi connectivity index (χ1v) is 7.36. The highest BCUT2D eigenvalue weighted by Crippen LogP contribution is 2.18. The Bertz CT molecular complexity index is 817. The van der Waals surface area contributed by atoms with E-state index in [1.54, 1.807) is 29.2 Å². The minimum Gasteiger partial charge on any atom is -0.258 e. The summed E-state index contributed by atoms with van der Waals surface area (Å²) in [6.07, 6.45) is 5.32. The number of rotatable bonds is 4. The Labute approximate surface area is 124 Å². The fraction of sp³-hybridized carbons (Fsp3) is 0.154. The lowest BCUT2D eigenvalue weighted by molar-refractivity contribution is -0.384. The first-order chi connectivity index (χ1) is 10.2. The predicted molar refractivity (Wildman–Crippen MR) is 79.3 cm³/mol. The predicted octanol–water partition coefficient (Wildman–Crippen LogP) is 2.50. The number of nitrogens with zero attached hydrogens (tertiary/aromatic N) is 5. The lowest BCUT2D eigenvalue weighted by atomic mass is 10.2. The Morgan fingerprint density at radius 2 is 2.24 bits per heavy atom. The van der Waals surface area contributed by atoms with Crippen LogP contribution in [0.3, 0.4) is 0 Å². The van der Waals surface area contributed by atoms with Crippen LogP contribution >= 0.6 is 11.8 Å². The van der Waals surface area contributed by atoms with Gasteiger partial charge in [0, 0.05) is 18.3 Å². The Balaban J connectivity index is 1.98. The van der Waals surface area contributed by atoms with Gasteiger partial charge in [0.25, 0.3) is 5.69 Å². The van der Waals surface area contributed by atoms with Gasteiger partial charge in [-0.1, -0.05) is 23.9 Å². The molecule has 0 N–H and O–H groups in total. The summed E-state index contributed by atoms with van der Waals surface area (Å²) in [5.41, 5.74) is 1.60.